The highest BCUT2D eigenvalue weighted by atomic mass is 16.6. The van der Waals surface area contributed by atoms with E-state index < -0.39 is 10.7 Å². The van der Waals surface area contributed by atoms with E-state index in [0.717, 1.165) is 15.9 Å². The third-order valence-electron chi connectivity index (χ3n) is 4.46. The minimum Gasteiger partial charge on any atom is -0.493 e. The number of ether oxygens (including phenoxy) is 1. The Bertz CT molecular complexity index is 1100. The summed E-state index contributed by atoms with van der Waals surface area (Å²) in [6, 6.07) is 11.1. The SMILES string of the molecule is O=C(Cn1c(=O)oc2cc([N+](=O)[O-])ccc21)N[C@@H]1CCOc2ccccc21. The first kappa shape index (κ1) is 16.8. The van der Waals surface area contributed by atoms with Crippen molar-refractivity contribution in [1.82, 2.24) is 9.88 Å². The molecule has 2 aromatic carbocycles. The maximum Gasteiger partial charge on any atom is 0.420 e. The quantitative estimate of drug-likeness (QED) is 0.556. The summed E-state index contributed by atoms with van der Waals surface area (Å²) in [6.45, 7) is 0.239. The normalized spacial score (nSPS) is 15.8. The number of carbonyl (C=O) groups excluding carboxylic acids is 1. The van der Waals surface area contributed by atoms with Gasteiger partial charge in [0, 0.05) is 18.1 Å². The Morgan fingerprint density at radius 1 is 1.30 bits per heavy atom. The lowest BCUT2D eigenvalue weighted by Crippen LogP contribution is -2.35. The van der Waals surface area contributed by atoms with Crippen LogP contribution in [0.25, 0.3) is 11.1 Å². The van der Waals surface area contributed by atoms with Gasteiger partial charge in [0.25, 0.3) is 5.69 Å². The Morgan fingerprint density at radius 2 is 2.11 bits per heavy atom. The fourth-order valence-corrected chi connectivity index (χ4v) is 3.19. The van der Waals surface area contributed by atoms with E-state index in [1.807, 2.05) is 24.3 Å². The molecule has 1 aromatic heterocycles. The lowest BCUT2D eigenvalue weighted by Gasteiger charge is -2.26. The summed E-state index contributed by atoms with van der Waals surface area (Å²) in [6.07, 6.45) is 0.621. The van der Waals surface area contributed by atoms with Crippen LogP contribution >= 0.6 is 0 Å². The van der Waals surface area contributed by atoms with Gasteiger partial charge >= 0.3 is 5.76 Å². The van der Waals surface area contributed by atoms with Crippen molar-refractivity contribution >= 4 is 22.7 Å². The van der Waals surface area contributed by atoms with E-state index in [-0.39, 0.29) is 29.8 Å². The number of nitro benzene ring substituents is 1. The molecule has 0 unspecified atom stereocenters. The molecule has 0 bridgehead atoms. The van der Waals surface area contributed by atoms with Crippen molar-refractivity contribution in [3.63, 3.8) is 0 Å². The molecule has 1 amide bonds. The third kappa shape index (κ3) is 3.14. The Hall–Kier alpha value is -3.62. The highest BCUT2D eigenvalue weighted by Crippen LogP contribution is 2.31. The Balaban J connectivity index is 1.56. The summed E-state index contributed by atoms with van der Waals surface area (Å²) < 4.78 is 11.8. The average molecular weight is 369 g/mol. The van der Waals surface area contributed by atoms with Gasteiger partial charge in [-0.25, -0.2) is 4.79 Å². The van der Waals surface area contributed by atoms with Crippen molar-refractivity contribution < 1.29 is 18.9 Å². The molecule has 0 aliphatic carbocycles. The first-order valence-electron chi connectivity index (χ1n) is 8.32. The van der Waals surface area contributed by atoms with Gasteiger partial charge in [0.2, 0.25) is 5.91 Å². The van der Waals surface area contributed by atoms with E-state index in [9.17, 15) is 19.7 Å². The molecule has 1 atom stereocenters. The van der Waals surface area contributed by atoms with Crippen LogP contribution in [0.1, 0.15) is 18.0 Å². The van der Waals surface area contributed by atoms with Gasteiger partial charge in [0.15, 0.2) is 5.58 Å². The van der Waals surface area contributed by atoms with Gasteiger partial charge in [0.05, 0.1) is 29.2 Å². The molecule has 138 valence electrons. The number of hydrogen-bond acceptors (Lipinski definition) is 6. The van der Waals surface area contributed by atoms with E-state index in [1.54, 1.807) is 0 Å². The van der Waals surface area contributed by atoms with Crippen LogP contribution in [0.3, 0.4) is 0 Å². The van der Waals surface area contributed by atoms with Crippen molar-refractivity contribution in [2.45, 2.75) is 19.0 Å². The Morgan fingerprint density at radius 3 is 2.93 bits per heavy atom. The molecule has 9 heteroatoms. The van der Waals surface area contributed by atoms with Gasteiger partial charge in [-0.2, -0.15) is 0 Å². The van der Waals surface area contributed by atoms with Crippen molar-refractivity contribution in [3.05, 3.63) is 68.7 Å². The summed E-state index contributed by atoms with van der Waals surface area (Å²) in [5.74, 6) is -0.375. The molecule has 1 aliphatic rings. The zero-order valence-electron chi connectivity index (χ0n) is 14.1. The molecule has 0 saturated carbocycles. The number of aromatic nitrogens is 1. The number of non-ortho nitro benzene ring substituents is 1. The lowest BCUT2D eigenvalue weighted by atomic mass is 10.0. The van der Waals surface area contributed by atoms with Crippen molar-refractivity contribution in [1.29, 1.82) is 0 Å². The van der Waals surface area contributed by atoms with Crippen LogP contribution < -0.4 is 15.8 Å². The highest BCUT2D eigenvalue weighted by molar-refractivity contribution is 5.81. The molecule has 0 radical (unpaired) electrons. The molecular weight excluding hydrogens is 354 g/mol. The number of nitrogens with zero attached hydrogens (tertiary/aromatic N) is 2. The smallest absolute Gasteiger partial charge is 0.420 e. The number of nitrogens with one attached hydrogen (secondary N) is 1. The van der Waals surface area contributed by atoms with Crippen LogP contribution in [-0.2, 0) is 11.3 Å². The molecule has 9 nitrogen and oxygen atoms in total. The number of carbonyl (C=O) groups is 1. The number of rotatable bonds is 4. The number of amides is 1. The zero-order chi connectivity index (χ0) is 19.0. The van der Waals surface area contributed by atoms with Crippen LogP contribution in [0.5, 0.6) is 5.75 Å². The van der Waals surface area contributed by atoms with Crippen LogP contribution in [0.4, 0.5) is 5.69 Å². The van der Waals surface area contributed by atoms with Gasteiger partial charge in [-0.3, -0.25) is 19.5 Å². The number of para-hydroxylation sites is 1. The molecule has 0 spiro atoms. The minimum absolute atomic E-state index is 0.0680. The molecule has 1 aliphatic heterocycles. The number of benzene rings is 2. The largest absolute Gasteiger partial charge is 0.493 e. The number of fused-ring (bicyclic) bond motifs is 2. The minimum atomic E-state index is -0.743. The van der Waals surface area contributed by atoms with Crippen LogP contribution in [-0.4, -0.2) is 22.0 Å². The van der Waals surface area contributed by atoms with E-state index in [0.29, 0.717) is 18.5 Å². The molecule has 0 fully saturated rings. The van der Waals surface area contributed by atoms with Gasteiger partial charge in [0.1, 0.15) is 12.3 Å². The number of oxazole rings is 1. The van der Waals surface area contributed by atoms with E-state index >= 15 is 0 Å². The monoisotopic (exact) mass is 369 g/mol. The summed E-state index contributed by atoms with van der Waals surface area (Å²) in [5.41, 5.74) is 1.09. The molecule has 1 N–H and O–H groups in total. The predicted octanol–water partition coefficient (Wildman–Crippen LogP) is 2.14. The summed E-state index contributed by atoms with van der Waals surface area (Å²) in [7, 11) is 0. The molecule has 27 heavy (non-hydrogen) atoms. The molecular formula is C18H15N3O6. The molecule has 2 heterocycles. The van der Waals surface area contributed by atoms with E-state index in [2.05, 4.69) is 5.32 Å². The molecule has 4 rings (SSSR count). The van der Waals surface area contributed by atoms with Crippen LogP contribution in [0, 0.1) is 10.1 Å². The van der Waals surface area contributed by atoms with Crippen molar-refractivity contribution in [3.8, 4) is 5.75 Å². The van der Waals surface area contributed by atoms with Gasteiger partial charge < -0.3 is 14.5 Å². The fraction of sp³-hybridized carbons (Fsp3) is 0.222. The van der Waals surface area contributed by atoms with Gasteiger partial charge in [-0.1, -0.05) is 18.2 Å². The van der Waals surface area contributed by atoms with Crippen molar-refractivity contribution in [2.75, 3.05) is 6.61 Å². The maximum absolute atomic E-state index is 12.5. The van der Waals surface area contributed by atoms with Gasteiger partial charge in [-0.15, -0.1) is 0 Å². The highest BCUT2D eigenvalue weighted by Gasteiger charge is 2.23. The molecule has 3 aromatic rings. The lowest BCUT2D eigenvalue weighted by molar-refractivity contribution is -0.384. The second-order valence-corrected chi connectivity index (χ2v) is 6.16. The van der Waals surface area contributed by atoms with Crippen LogP contribution in [0.15, 0.2) is 51.7 Å². The first-order chi connectivity index (χ1) is 13.0. The summed E-state index contributed by atoms with van der Waals surface area (Å²) >= 11 is 0. The first-order valence-corrected chi connectivity index (χ1v) is 8.32. The van der Waals surface area contributed by atoms with Gasteiger partial charge in [-0.05, 0) is 12.1 Å². The average Bonchev–Trinajstić information content (AvgIpc) is 2.96. The van der Waals surface area contributed by atoms with E-state index in [1.165, 1.54) is 18.2 Å². The summed E-state index contributed by atoms with van der Waals surface area (Å²) in [5, 5.41) is 13.7. The number of hydrogen-bond donors (Lipinski definition) is 1. The number of nitro groups is 1. The second kappa shape index (κ2) is 6.60. The maximum atomic E-state index is 12.5. The molecule has 0 saturated heterocycles. The Labute approximate surface area is 152 Å². The Kier molecular flexibility index (Phi) is 4.11. The zero-order valence-corrected chi connectivity index (χ0v) is 14.1. The summed E-state index contributed by atoms with van der Waals surface area (Å²) in [4.78, 5) is 34.8. The second-order valence-electron chi connectivity index (χ2n) is 6.16. The predicted molar refractivity (Wildman–Crippen MR) is 94.6 cm³/mol. The third-order valence-corrected chi connectivity index (χ3v) is 4.46. The van der Waals surface area contributed by atoms with E-state index in [4.69, 9.17) is 9.15 Å². The van der Waals surface area contributed by atoms with Crippen LogP contribution in [0.2, 0.25) is 0 Å². The fourth-order valence-electron chi connectivity index (χ4n) is 3.19. The standard InChI is InChI=1S/C18H15N3O6/c22-17(19-13-7-8-26-15-4-2-1-3-12(13)15)10-20-14-6-5-11(21(24)25)9-16(14)27-18(20)23/h1-6,9,13H,7-8,10H2,(H,19,22)/t13-/m1/s1. The topological polar surface area (TPSA) is 117 Å². The van der Waals surface area contributed by atoms with Crippen molar-refractivity contribution in [2.24, 2.45) is 0 Å².